The van der Waals surface area contributed by atoms with E-state index in [2.05, 4.69) is 31.2 Å². The molecule has 0 bridgehead atoms. The molecule has 1 aromatic rings. The van der Waals surface area contributed by atoms with Gasteiger partial charge < -0.3 is 5.32 Å². The SMILES string of the molecule is CNC1CCN(Cc2c(Br)cnn2C)C1. The van der Waals surface area contributed by atoms with Gasteiger partial charge in [-0.05, 0) is 29.4 Å². The molecule has 1 aromatic heterocycles. The molecule has 1 aliphatic rings. The Hall–Kier alpha value is -0.390. The number of rotatable bonds is 3. The van der Waals surface area contributed by atoms with Crippen molar-refractivity contribution in [2.45, 2.75) is 19.0 Å². The lowest BCUT2D eigenvalue weighted by Gasteiger charge is -2.16. The third kappa shape index (κ3) is 2.41. The van der Waals surface area contributed by atoms with Gasteiger partial charge in [0.25, 0.3) is 0 Å². The predicted octanol–water partition coefficient (Wildman–Crippen LogP) is 0.976. The molecule has 0 aromatic carbocycles. The third-order valence-electron chi connectivity index (χ3n) is 3.06. The van der Waals surface area contributed by atoms with Crippen LogP contribution in [0.3, 0.4) is 0 Å². The number of halogens is 1. The minimum Gasteiger partial charge on any atom is -0.316 e. The zero-order valence-corrected chi connectivity index (χ0v) is 10.8. The van der Waals surface area contributed by atoms with Gasteiger partial charge in [0.1, 0.15) is 0 Å². The molecule has 15 heavy (non-hydrogen) atoms. The summed E-state index contributed by atoms with van der Waals surface area (Å²) in [5, 5.41) is 7.55. The summed E-state index contributed by atoms with van der Waals surface area (Å²) in [7, 11) is 4.03. The molecule has 4 nitrogen and oxygen atoms in total. The van der Waals surface area contributed by atoms with Crippen LogP contribution < -0.4 is 5.32 Å². The zero-order valence-electron chi connectivity index (χ0n) is 9.20. The van der Waals surface area contributed by atoms with Gasteiger partial charge in [-0.2, -0.15) is 5.10 Å². The van der Waals surface area contributed by atoms with Crippen molar-refractivity contribution in [2.75, 3.05) is 20.1 Å². The molecule has 1 N–H and O–H groups in total. The third-order valence-corrected chi connectivity index (χ3v) is 3.73. The lowest BCUT2D eigenvalue weighted by atomic mass is 10.3. The highest BCUT2D eigenvalue weighted by atomic mass is 79.9. The average molecular weight is 273 g/mol. The van der Waals surface area contributed by atoms with E-state index in [1.54, 1.807) is 0 Å². The van der Waals surface area contributed by atoms with E-state index in [4.69, 9.17) is 0 Å². The van der Waals surface area contributed by atoms with Crippen LogP contribution in [0, 0.1) is 0 Å². The van der Waals surface area contributed by atoms with E-state index in [1.165, 1.54) is 18.7 Å². The van der Waals surface area contributed by atoms with Crippen LogP contribution in [-0.2, 0) is 13.6 Å². The normalized spacial score (nSPS) is 22.5. The van der Waals surface area contributed by atoms with Gasteiger partial charge in [0.05, 0.1) is 16.4 Å². The van der Waals surface area contributed by atoms with Crippen LogP contribution in [0.4, 0.5) is 0 Å². The van der Waals surface area contributed by atoms with Gasteiger partial charge in [0, 0.05) is 32.7 Å². The van der Waals surface area contributed by atoms with E-state index < -0.39 is 0 Å². The summed E-state index contributed by atoms with van der Waals surface area (Å²) in [6.07, 6.45) is 3.10. The highest BCUT2D eigenvalue weighted by Crippen LogP contribution is 2.19. The second kappa shape index (κ2) is 4.63. The number of hydrogen-bond acceptors (Lipinski definition) is 3. The first kappa shape index (κ1) is 11.1. The fourth-order valence-electron chi connectivity index (χ4n) is 2.04. The van der Waals surface area contributed by atoms with Gasteiger partial charge in [0.15, 0.2) is 0 Å². The van der Waals surface area contributed by atoms with Gasteiger partial charge in [-0.1, -0.05) is 0 Å². The van der Waals surface area contributed by atoms with Gasteiger partial charge in [-0.25, -0.2) is 0 Å². The van der Waals surface area contributed by atoms with Crippen LogP contribution in [0.15, 0.2) is 10.7 Å². The first-order valence-corrected chi connectivity index (χ1v) is 6.06. The van der Waals surface area contributed by atoms with Crippen molar-refractivity contribution in [3.05, 3.63) is 16.4 Å². The molecule has 5 heteroatoms. The first-order chi connectivity index (χ1) is 7.20. The van der Waals surface area contributed by atoms with E-state index in [0.717, 1.165) is 17.6 Å². The number of nitrogens with one attached hydrogen (secondary N) is 1. The molecule has 0 radical (unpaired) electrons. The second-order valence-corrected chi connectivity index (χ2v) is 4.93. The van der Waals surface area contributed by atoms with Crippen LogP contribution in [0.5, 0.6) is 0 Å². The molecule has 0 saturated carbocycles. The summed E-state index contributed by atoms with van der Waals surface area (Å²) in [6, 6.07) is 0.650. The molecule has 0 spiro atoms. The molecule has 0 aliphatic carbocycles. The number of aromatic nitrogens is 2. The molecular formula is C10H17BrN4. The van der Waals surface area contributed by atoms with Gasteiger partial charge >= 0.3 is 0 Å². The Labute approximate surface area is 98.8 Å². The second-order valence-electron chi connectivity index (χ2n) is 4.07. The van der Waals surface area contributed by atoms with Crippen molar-refractivity contribution in [1.29, 1.82) is 0 Å². The maximum absolute atomic E-state index is 4.22. The first-order valence-electron chi connectivity index (χ1n) is 5.26. The maximum atomic E-state index is 4.22. The van der Waals surface area contributed by atoms with Crippen molar-refractivity contribution in [2.24, 2.45) is 7.05 Å². The Kier molecular flexibility index (Phi) is 3.43. The minimum atomic E-state index is 0.650. The fourth-order valence-corrected chi connectivity index (χ4v) is 2.51. The number of nitrogens with zero attached hydrogens (tertiary/aromatic N) is 3. The lowest BCUT2D eigenvalue weighted by Crippen LogP contribution is -2.29. The van der Waals surface area contributed by atoms with Crippen LogP contribution in [-0.4, -0.2) is 40.9 Å². The summed E-state index contributed by atoms with van der Waals surface area (Å²) in [5.74, 6) is 0. The Morgan fingerprint density at radius 3 is 3.00 bits per heavy atom. The Balaban J connectivity index is 1.98. The van der Waals surface area contributed by atoms with Crippen molar-refractivity contribution in [3.8, 4) is 0 Å². The molecule has 1 aliphatic heterocycles. The van der Waals surface area contributed by atoms with E-state index in [-0.39, 0.29) is 0 Å². The molecule has 0 amide bonds. The van der Waals surface area contributed by atoms with E-state index in [0.29, 0.717) is 6.04 Å². The van der Waals surface area contributed by atoms with Gasteiger partial charge in [-0.15, -0.1) is 0 Å². The smallest absolute Gasteiger partial charge is 0.0663 e. The van der Waals surface area contributed by atoms with Crippen molar-refractivity contribution >= 4 is 15.9 Å². The van der Waals surface area contributed by atoms with Crippen LogP contribution in [0.1, 0.15) is 12.1 Å². The molecular weight excluding hydrogens is 256 g/mol. The Morgan fingerprint density at radius 1 is 1.67 bits per heavy atom. The van der Waals surface area contributed by atoms with Crippen molar-refractivity contribution < 1.29 is 0 Å². The predicted molar refractivity (Wildman–Crippen MR) is 63.6 cm³/mol. The lowest BCUT2D eigenvalue weighted by molar-refractivity contribution is 0.312. The molecule has 1 unspecified atom stereocenters. The summed E-state index contributed by atoms with van der Waals surface area (Å²) < 4.78 is 3.05. The monoisotopic (exact) mass is 272 g/mol. The van der Waals surface area contributed by atoms with E-state index >= 15 is 0 Å². The van der Waals surface area contributed by atoms with Crippen molar-refractivity contribution in [3.63, 3.8) is 0 Å². The molecule has 2 rings (SSSR count). The van der Waals surface area contributed by atoms with Crippen LogP contribution >= 0.6 is 15.9 Å². The molecule has 84 valence electrons. The largest absolute Gasteiger partial charge is 0.316 e. The Bertz CT molecular complexity index is 317. The number of aryl methyl sites for hydroxylation is 1. The number of likely N-dealkylation sites (tertiary alicyclic amines) is 1. The standard InChI is InChI=1S/C10H17BrN4/c1-12-8-3-4-15(6-8)7-10-9(11)5-13-14(10)2/h5,8,12H,3-4,6-7H2,1-2H3. The molecule has 1 atom stereocenters. The zero-order chi connectivity index (χ0) is 10.8. The summed E-state index contributed by atoms with van der Waals surface area (Å²) in [5.41, 5.74) is 1.26. The number of hydrogen-bond donors (Lipinski definition) is 1. The van der Waals surface area contributed by atoms with Crippen molar-refractivity contribution in [1.82, 2.24) is 20.0 Å². The molecule has 1 saturated heterocycles. The summed E-state index contributed by atoms with van der Waals surface area (Å²) in [6.45, 7) is 3.28. The van der Waals surface area contributed by atoms with Gasteiger partial charge in [-0.3, -0.25) is 9.58 Å². The topological polar surface area (TPSA) is 33.1 Å². The maximum Gasteiger partial charge on any atom is 0.0663 e. The van der Waals surface area contributed by atoms with E-state index in [1.807, 2.05) is 25.0 Å². The quantitative estimate of drug-likeness (QED) is 0.891. The summed E-state index contributed by atoms with van der Waals surface area (Å²) in [4.78, 5) is 2.46. The van der Waals surface area contributed by atoms with Crippen LogP contribution in [0.2, 0.25) is 0 Å². The highest BCUT2D eigenvalue weighted by Gasteiger charge is 2.22. The van der Waals surface area contributed by atoms with Gasteiger partial charge in [0.2, 0.25) is 0 Å². The minimum absolute atomic E-state index is 0.650. The Morgan fingerprint density at radius 2 is 2.47 bits per heavy atom. The summed E-state index contributed by atoms with van der Waals surface area (Å²) >= 11 is 3.53. The number of likely N-dealkylation sites (N-methyl/N-ethyl adjacent to an activating group) is 1. The van der Waals surface area contributed by atoms with E-state index in [9.17, 15) is 0 Å². The molecule has 1 fully saturated rings. The van der Waals surface area contributed by atoms with Crippen LogP contribution in [0.25, 0.3) is 0 Å². The average Bonchev–Trinajstić information content (AvgIpc) is 2.80. The fraction of sp³-hybridized carbons (Fsp3) is 0.700. The molecule has 2 heterocycles. The highest BCUT2D eigenvalue weighted by molar-refractivity contribution is 9.10.